The monoisotopic (exact) mass is 299 g/mol. The number of nitrogens with zero attached hydrogens (tertiary/aromatic N) is 2. The second kappa shape index (κ2) is 4.75. The molecule has 0 amide bonds. The van der Waals surface area contributed by atoms with Gasteiger partial charge in [0.25, 0.3) is 0 Å². The summed E-state index contributed by atoms with van der Waals surface area (Å²) in [5, 5.41) is 10.3. The first-order valence-corrected chi connectivity index (χ1v) is 5.58. The number of hydrogen-bond donors (Lipinski definition) is 1. The third kappa shape index (κ3) is 2.26. The lowest BCUT2D eigenvalue weighted by atomic mass is 10.1. The van der Waals surface area contributed by atoms with Gasteiger partial charge in [-0.3, -0.25) is 0 Å². The van der Waals surface area contributed by atoms with Crippen LogP contribution in [-0.2, 0) is 0 Å². The van der Waals surface area contributed by atoms with Crippen LogP contribution in [0.25, 0.3) is 11.3 Å². The molecule has 3 nitrogen and oxygen atoms in total. The van der Waals surface area contributed by atoms with Crippen LogP contribution < -0.4 is 5.32 Å². The highest BCUT2D eigenvalue weighted by Crippen LogP contribution is 2.29. The summed E-state index contributed by atoms with van der Waals surface area (Å²) in [5.74, 6) is -0.821. The van der Waals surface area contributed by atoms with Crippen molar-refractivity contribution in [2.24, 2.45) is 0 Å². The molecule has 0 aliphatic carbocycles. The largest absolute Gasteiger partial charge is 0.372 e. The summed E-state index contributed by atoms with van der Waals surface area (Å²) in [6.45, 7) is 0. The summed E-state index contributed by atoms with van der Waals surface area (Å²) in [4.78, 5) is 0. The fourth-order valence-corrected chi connectivity index (χ4v) is 1.69. The molecule has 2 rings (SSSR count). The molecule has 0 atom stereocenters. The van der Waals surface area contributed by atoms with E-state index in [-0.39, 0.29) is 15.7 Å². The van der Waals surface area contributed by atoms with Gasteiger partial charge in [0.05, 0.1) is 15.7 Å². The number of rotatable bonds is 2. The standard InChI is InChI=1S/C11H8BrF2N3/c1-15-9-5-4-8(16-17-9)10-7(13)3-2-6(12)11(10)14/h2-5H,1H3,(H,15,17). The van der Waals surface area contributed by atoms with Crippen LogP contribution in [-0.4, -0.2) is 17.2 Å². The maximum atomic E-state index is 13.8. The van der Waals surface area contributed by atoms with E-state index in [0.29, 0.717) is 5.82 Å². The Kier molecular flexibility index (Phi) is 3.33. The number of anilines is 1. The van der Waals surface area contributed by atoms with Crippen LogP contribution in [0.1, 0.15) is 0 Å². The predicted octanol–water partition coefficient (Wildman–Crippen LogP) is 3.23. The molecule has 2 aromatic rings. The van der Waals surface area contributed by atoms with Gasteiger partial charge >= 0.3 is 0 Å². The highest BCUT2D eigenvalue weighted by molar-refractivity contribution is 9.10. The van der Waals surface area contributed by atoms with Gasteiger partial charge in [-0.1, -0.05) is 0 Å². The number of halogens is 3. The van der Waals surface area contributed by atoms with Gasteiger partial charge in [-0.05, 0) is 40.2 Å². The Morgan fingerprint density at radius 1 is 1.12 bits per heavy atom. The van der Waals surface area contributed by atoms with E-state index in [0.717, 1.165) is 0 Å². The van der Waals surface area contributed by atoms with E-state index in [1.54, 1.807) is 13.1 Å². The first kappa shape index (κ1) is 11.9. The minimum atomic E-state index is -0.684. The molecule has 0 aliphatic heterocycles. The number of benzene rings is 1. The van der Waals surface area contributed by atoms with Crippen molar-refractivity contribution >= 4 is 21.7 Å². The average molecular weight is 300 g/mol. The lowest BCUT2D eigenvalue weighted by Crippen LogP contribution is -1.98. The van der Waals surface area contributed by atoms with Crippen molar-refractivity contribution in [3.8, 4) is 11.3 Å². The summed E-state index contributed by atoms with van der Waals surface area (Å²) in [7, 11) is 1.68. The molecule has 0 unspecified atom stereocenters. The molecule has 6 heteroatoms. The average Bonchev–Trinajstić information content (AvgIpc) is 2.35. The lowest BCUT2D eigenvalue weighted by Gasteiger charge is -2.06. The number of hydrogen-bond acceptors (Lipinski definition) is 3. The molecule has 0 saturated heterocycles. The molecule has 0 aliphatic rings. The maximum Gasteiger partial charge on any atom is 0.149 e. The van der Waals surface area contributed by atoms with E-state index >= 15 is 0 Å². The smallest absolute Gasteiger partial charge is 0.149 e. The molecule has 1 N–H and O–H groups in total. The quantitative estimate of drug-likeness (QED) is 0.865. The van der Waals surface area contributed by atoms with E-state index < -0.39 is 11.6 Å². The second-order valence-corrected chi connectivity index (χ2v) is 4.13. The lowest BCUT2D eigenvalue weighted by molar-refractivity contribution is 0.584. The van der Waals surface area contributed by atoms with E-state index in [9.17, 15) is 8.78 Å². The van der Waals surface area contributed by atoms with Crippen LogP contribution in [0.3, 0.4) is 0 Å². The molecular formula is C11H8BrF2N3. The Morgan fingerprint density at radius 3 is 2.47 bits per heavy atom. The predicted molar refractivity (Wildman–Crippen MR) is 64.6 cm³/mol. The highest BCUT2D eigenvalue weighted by Gasteiger charge is 2.15. The summed E-state index contributed by atoms with van der Waals surface area (Å²) in [6.07, 6.45) is 0. The minimum absolute atomic E-state index is 0.153. The third-order valence-corrected chi connectivity index (χ3v) is 2.83. The van der Waals surface area contributed by atoms with E-state index in [1.807, 2.05) is 0 Å². The molecule has 0 saturated carbocycles. The molecule has 0 bridgehead atoms. The summed E-state index contributed by atoms with van der Waals surface area (Å²) >= 11 is 3.00. The van der Waals surface area contributed by atoms with Crippen molar-refractivity contribution in [1.29, 1.82) is 0 Å². The topological polar surface area (TPSA) is 37.8 Å². The van der Waals surface area contributed by atoms with Crippen molar-refractivity contribution in [1.82, 2.24) is 10.2 Å². The molecule has 1 aromatic carbocycles. The third-order valence-electron chi connectivity index (χ3n) is 2.22. The van der Waals surface area contributed by atoms with Crippen LogP contribution in [0.2, 0.25) is 0 Å². The zero-order chi connectivity index (χ0) is 12.4. The Labute approximate surface area is 105 Å². The Balaban J connectivity index is 2.55. The Bertz CT molecular complexity index is 543. The van der Waals surface area contributed by atoms with Gasteiger partial charge in [0, 0.05) is 7.05 Å². The summed E-state index contributed by atoms with van der Waals surface area (Å²) in [5.41, 5.74) is -0.0326. The first-order valence-electron chi connectivity index (χ1n) is 4.79. The summed E-state index contributed by atoms with van der Waals surface area (Å²) < 4.78 is 27.5. The van der Waals surface area contributed by atoms with Gasteiger partial charge in [0.15, 0.2) is 0 Å². The van der Waals surface area contributed by atoms with E-state index in [1.165, 1.54) is 18.2 Å². The Morgan fingerprint density at radius 2 is 1.88 bits per heavy atom. The van der Waals surface area contributed by atoms with Crippen molar-refractivity contribution in [2.45, 2.75) is 0 Å². The van der Waals surface area contributed by atoms with Gasteiger partial charge in [0.1, 0.15) is 17.5 Å². The van der Waals surface area contributed by atoms with Gasteiger partial charge < -0.3 is 5.32 Å². The van der Waals surface area contributed by atoms with Crippen molar-refractivity contribution in [3.05, 3.63) is 40.4 Å². The number of nitrogens with one attached hydrogen (secondary N) is 1. The van der Waals surface area contributed by atoms with Crippen LogP contribution in [0.5, 0.6) is 0 Å². The molecule has 17 heavy (non-hydrogen) atoms. The summed E-state index contributed by atoms with van der Waals surface area (Å²) in [6, 6.07) is 5.59. The van der Waals surface area contributed by atoms with Crippen molar-refractivity contribution in [2.75, 3.05) is 12.4 Å². The van der Waals surface area contributed by atoms with Crippen molar-refractivity contribution in [3.63, 3.8) is 0 Å². The van der Waals surface area contributed by atoms with Gasteiger partial charge in [-0.2, -0.15) is 0 Å². The second-order valence-electron chi connectivity index (χ2n) is 3.27. The van der Waals surface area contributed by atoms with Gasteiger partial charge in [0.2, 0.25) is 0 Å². The van der Waals surface area contributed by atoms with Crippen molar-refractivity contribution < 1.29 is 8.78 Å². The molecule has 0 fully saturated rings. The fraction of sp³-hybridized carbons (Fsp3) is 0.0909. The normalized spacial score (nSPS) is 10.4. The molecular weight excluding hydrogens is 292 g/mol. The minimum Gasteiger partial charge on any atom is -0.372 e. The van der Waals surface area contributed by atoms with Gasteiger partial charge in [-0.15, -0.1) is 10.2 Å². The van der Waals surface area contributed by atoms with Crippen LogP contribution in [0.15, 0.2) is 28.7 Å². The van der Waals surface area contributed by atoms with Gasteiger partial charge in [-0.25, -0.2) is 8.78 Å². The SMILES string of the molecule is CNc1ccc(-c2c(F)ccc(Br)c2F)nn1. The molecule has 1 heterocycles. The van der Waals surface area contributed by atoms with Crippen LogP contribution in [0, 0.1) is 11.6 Å². The maximum absolute atomic E-state index is 13.8. The van der Waals surface area contributed by atoms with Crippen LogP contribution in [0.4, 0.5) is 14.6 Å². The zero-order valence-corrected chi connectivity index (χ0v) is 10.4. The van der Waals surface area contributed by atoms with E-state index in [2.05, 4.69) is 31.4 Å². The molecule has 0 spiro atoms. The number of aromatic nitrogens is 2. The van der Waals surface area contributed by atoms with E-state index in [4.69, 9.17) is 0 Å². The fourth-order valence-electron chi connectivity index (χ4n) is 1.36. The van der Waals surface area contributed by atoms with Crippen LogP contribution >= 0.6 is 15.9 Å². The highest BCUT2D eigenvalue weighted by atomic mass is 79.9. The molecule has 0 radical (unpaired) electrons. The molecule has 88 valence electrons. The Hall–Kier alpha value is -1.56. The molecule has 1 aromatic heterocycles. The zero-order valence-electron chi connectivity index (χ0n) is 8.84. The first-order chi connectivity index (χ1) is 8.13.